The summed E-state index contributed by atoms with van der Waals surface area (Å²) < 4.78 is 28.4. The quantitative estimate of drug-likeness (QED) is 0.197. The number of hydrogen-bond acceptors (Lipinski definition) is 10. The Hall–Kier alpha value is -4.12. The van der Waals surface area contributed by atoms with Crippen LogP contribution in [0, 0.1) is 0 Å². The van der Waals surface area contributed by atoms with Gasteiger partial charge in [-0.15, -0.1) is 0 Å². The second-order valence-electron chi connectivity index (χ2n) is 9.44. The summed E-state index contributed by atoms with van der Waals surface area (Å²) in [5.74, 6) is -0.197. The predicted molar refractivity (Wildman–Crippen MR) is 143 cm³/mol. The largest absolute Gasteiger partial charge is 0.507 e. The van der Waals surface area contributed by atoms with Crippen molar-refractivity contribution in [3.8, 4) is 17.2 Å². The molecule has 5 rings (SSSR count). The van der Waals surface area contributed by atoms with E-state index in [0.29, 0.717) is 27.6 Å². The van der Waals surface area contributed by atoms with Crippen LogP contribution in [0.4, 0.5) is 0 Å². The van der Waals surface area contributed by atoms with Crippen molar-refractivity contribution in [2.24, 2.45) is 0 Å². The van der Waals surface area contributed by atoms with Crippen LogP contribution in [0.3, 0.4) is 0 Å². The van der Waals surface area contributed by atoms with Crippen LogP contribution in [0.5, 0.6) is 17.2 Å². The molecular weight excluding hydrogens is 508 g/mol. The fourth-order valence-electron chi connectivity index (χ4n) is 5.32. The SMILES string of the molecule is C=Cc1cc(OC)c2c(c1)c(=O)oc1c2cc(OC)c2c(O)ccc([C@@H]3O[C@H](C)[C@H](O)[C@H](OC(C)=O)[C@H]3O)c21. The van der Waals surface area contributed by atoms with Crippen LogP contribution in [-0.2, 0) is 14.3 Å². The summed E-state index contributed by atoms with van der Waals surface area (Å²) in [6, 6.07) is 7.91. The Bertz CT molecular complexity index is 1690. The third-order valence-electron chi connectivity index (χ3n) is 7.13. The van der Waals surface area contributed by atoms with Crippen molar-refractivity contribution in [3.63, 3.8) is 0 Å². The van der Waals surface area contributed by atoms with E-state index in [0.717, 1.165) is 0 Å². The first-order valence-electron chi connectivity index (χ1n) is 12.2. The number of carbonyl (C=O) groups is 1. The molecule has 39 heavy (non-hydrogen) atoms. The minimum Gasteiger partial charge on any atom is -0.507 e. The van der Waals surface area contributed by atoms with Gasteiger partial charge in [0.25, 0.3) is 0 Å². The Morgan fingerprint density at radius 2 is 1.69 bits per heavy atom. The van der Waals surface area contributed by atoms with Gasteiger partial charge >= 0.3 is 11.6 Å². The molecule has 0 radical (unpaired) electrons. The first-order chi connectivity index (χ1) is 18.6. The van der Waals surface area contributed by atoms with Crippen LogP contribution >= 0.6 is 0 Å². The zero-order valence-electron chi connectivity index (χ0n) is 21.8. The summed E-state index contributed by atoms with van der Waals surface area (Å²) in [6.45, 7) is 6.52. The van der Waals surface area contributed by atoms with Gasteiger partial charge in [-0.2, -0.15) is 0 Å². The molecule has 0 bridgehead atoms. The number of phenols is 1. The van der Waals surface area contributed by atoms with E-state index in [4.69, 9.17) is 23.4 Å². The lowest BCUT2D eigenvalue weighted by Gasteiger charge is -2.41. The molecule has 1 aromatic heterocycles. The fourth-order valence-corrected chi connectivity index (χ4v) is 5.32. The highest BCUT2D eigenvalue weighted by Gasteiger charge is 2.46. The van der Waals surface area contributed by atoms with E-state index in [1.165, 1.54) is 33.3 Å². The van der Waals surface area contributed by atoms with Gasteiger partial charge in [0.2, 0.25) is 0 Å². The molecule has 2 heterocycles. The van der Waals surface area contributed by atoms with Gasteiger partial charge in [-0.25, -0.2) is 4.79 Å². The topological polar surface area (TPSA) is 145 Å². The van der Waals surface area contributed by atoms with Crippen molar-refractivity contribution in [3.05, 3.63) is 58.5 Å². The lowest BCUT2D eigenvalue weighted by atomic mass is 9.87. The summed E-state index contributed by atoms with van der Waals surface area (Å²) in [5.41, 5.74) is 0.406. The summed E-state index contributed by atoms with van der Waals surface area (Å²) in [4.78, 5) is 25.0. The van der Waals surface area contributed by atoms with Gasteiger partial charge in [0.1, 0.15) is 41.1 Å². The van der Waals surface area contributed by atoms with Crippen LogP contribution in [0.15, 0.2) is 46.1 Å². The normalized spacial score (nSPS) is 23.2. The molecule has 0 amide bonds. The van der Waals surface area contributed by atoms with Crippen molar-refractivity contribution < 1.29 is 43.5 Å². The van der Waals surface area contributed by atoms with E-state index < -0.39 is 42.1 Å². The summed E-state index contributed by atoms with van der Waals surface area (Å²) in [7, 11) is 2.91. The first kappa shape index (κ1) is 26.5. The van der Waals surface area contributed by atoms with Gasteiger partial charge < -0.3 is 38.7 Å². The Morgan fingerprint density at radius 1 is 1.00 bits per heavy atom. The van der Waals surface area contributed by atoms with E-state index >= 15 is 0 Å². The molecule has 3 N–H and O–H groups in total. The first-order valence-corrected chi connectivity index (χ1v) is 12.2. The van der Waals surface area contributed by atoms with Crippen LogP contribution in [0.1, 0.15) is 31.1 Å². The maximum absolute atomic E-state index is 13.3. The number of hydrogen-bond donors (Lipinski definition) is 3. The van der Waals surface area contributed by atoms with Crippen LogP contribution in [-0.4, -0.2) is 59.9 Å². The smallest absolute Gasteiger partial charge is 0.344 e. The van der Waals surface area contributed by atoms with Gasteiger partial charge in [-0.1, -0.05) is 18.7 Å². The van der Waals surface area contributed by atoms with Crippen molar-refractivity contribution in [1.29, 1.82) is 0 Å². The number of ether oxygens (including phenoxy) is 4. The fraction of sp³-hybridized carbons (Fsp3) is 0.310. The highest BCUT2D eigenvalue weighted by atomic mass is 16.6. The summed E-state index contributed by atoms with van der Waals surface area (Å²) >= 11 is 0. The van der Waals surface area contributed by atoms with Crippen LogP contribution in [0.25, 0.3) is 38.6 Å². The van der Waals surface area contributed by atoms with E-state index in [2.05, 4.69) is 6.58 Å². The molecular formula is C29H28O10. The molecule has 10 nitrogen and oxygen atoms in total. The summed E-state index contributed by atoms with van der Waals surface area (Å²) in [5, 5.41) is 34.3. The van der Waals surface area contributed by atoms with Crippen molar-refractivity contribution >= 4 is 44.6 Å². The van der Waals surface area contributed by atoms with Gasteiger partial charge in [0.15, 0.2) is 6.10 Å². The number of fused-ring (bicyclic) bond motifs is 5. The molecule has 3 aromatic carbocycles. The molecule has 1 aliphatic rings. The van der Waals surface area contributed by atoms with Gasteiger partial charge in [0.05, 0.1) is 31.1 Å². The molecule has 1 aliphatic heterocycles. The number of benzene rings is 3. The van der Waals surface area contributed by atoms with Crippen LogP contribution < -0.4 is 15.1 Å². The lowest BCUT2D eigenvalue weighted by Crippen LogP contribution is -2.54. The van der Waals surface area contributed by atoms with E-state index in [9.17, 15) is 24.9 Å². The average Bonchev–Trinajstić information content (AvgIpc) is 2.92. The lowest BCUT2D eigenvalue weighted by molar-refractivity contribution is -0.230. The molecule has 4 aromatic rings. The Morgan fingerprint density at radius 3 is 2.33 bits per heavy atom. The molecule has 0 aliphatic carbocycles. The third kappa shape index (κ3) is 4.17. The number of aliphatic hydroxyl groups is 2. The zero-order chi connectivity index (χ0) is 28.2. The van der Waals surface area contributed by atoms with Crippen molar-refractivity contribution in [2.75, 3.05) is 14.2 Å². The number of esters is 1. The standard InChI is InChI=1S/C29H28O10/c1-6-14-9-17-21(19(10-14)35-4)16-11-20(36-5)23-18(31)8-7-15(22(23)26(16)39-29(17)34)27-25(33)28(38-13(3)30)24(32)12(2)37-27/h6-12,24-25,27-28,31-33H,1H2,2-5H3/t12-,24+,25+,27+,28+/m1/s1. The molecule has 0 unspecified atom stereocenters. The van der Waals surface area contributed by atoms with Crippen molar-refractivity contribution in [2.45, 2.75) is 44.4 Å². The van der Waals surface area contributed by atoms with E-state index in [1.807, 2.05) is 0 Å². The monoisotopic (exact) mass is 536 g/mol. The highest BCUT2D eigenvalue weighted by molar-refractivity contribution is 6.19. The number of aliphatic hydroxyl groups excluding tert-OH is 2. The van der Waals surface area contributed by atoms with E-state index in [-0.39, 0.29) is 33.2 Å². The molecule has 1 fully saturated rings. The Labute approximate surface area is 222 Å². The molecule has 5 atom stereocenters. The Balaban J connectivity index is 1.91. The maximum atomic E-state index is 13.3. The molecule has 1 saturated heterocycles. The molecule has 0 saturated carbocycles. The van der Waals surface area contributed by atoms with E-state index in [1.54, 1.807) is 31.2 Å². The minimum atomic E-state index is -1.49. The summed E-state index contributed by atoms with van der Waals surface area (Å²) in [6.07, 6.45) is -4.47. The Kier molecular flexibility index (Phi) is 6.71. The second kappa shape index (κ2) is 9.88. The predicted octanol–water partition coefficient (Wildman–Crippen LogP) is 3.58. The molecule has 0 spiro atoms. The van der Waals surface area contributed by atoms with Gasteiger partial charge in [-0.3, -0.25) is 4.79 Å². The molecule has 10 heteroatoms. The third-order valence-corrected chi connectivity index (χ3v) is 7.13. The zero-order valence-corrected chi connectivity index (χ0v) is 21.8. The van der Waals surface area contributed by atoms with Crippen molar-refractivity contribution in [1.82, 2.24) is 0 Å². The highest BCUT2D eigenvalue weighted by Crippen LogP contribution is 2.47. The van der Waals surface area contributed by atoms with Gasteiger partial charge in [0, 0.05) is 23.1 Å². The number of rotatable bonds is 5. The maximum Gasteiger partial charge on any atom is 0.344 e. The van der Waals surface area contributed by atoms with Crippen LogP contribution in [0.2, 0.25) is 0 Å². The number of phenolic OH excluding ortho intramolecular Hbond substituents is 1. The number of carbonyl (C=O) groups excluding carboxylic acids is 1. The number of aromatic hydroxyl groups is 1. The second-order valence-corrected chi connectivity index (χ2v) is 9.44. The number of methoxy groups -OCH3 is 2. The molecule has 204 valence electrons. The van der Waals surface area contributed by atoms with Gasteiger partial charge in [-0.05, 0) is 42.3 Å². The average molecular weight is 537 g/mol. The minimum absolute atomic E-state index is 0.0949.